The van der Waals surface area contributed by atoms with E-state index in [1.54, 1.807) is 12.1 Å². The fourth-order valence-electron chi connectivity index (χ4n) is 0.988. The largest absolute Gasteiger partial charge is 0.382 e. The molecule has 1 atom stereocenters. The summed E-state index contributed by atoms with van der Waals surface area (Å²) >= 11 is 0. The highest BCUT2D eigenvalue weighted by Crippen LogP contribution is 2.16. The number of nitro benzene ring substituents is 1. The van der Waals surface area contributed by atoms with E-state index in [4.69, 9.17) is 0 Å². The predicted octanol–water partition coefficient (Wildman–Crippen LogP) is 2.36. The molecule has 0 aliphatic heterocycles. The third-order valence-corrected chi connectivity index (χ3v) is 1.64. The molecule has 0 amide bonds. The zero-order chi connectivity index (χ0) is 10.6. The van der Waals surface area contributed by atoms with Crippen molar-refractivity contribution in [2.45, 2.75) is 13.1 Å². The lowest BCUT2D eigenvalue weighted by atomic mass is 10.3. The zero-order valence-corrected chi connectivity index (χ0v) is 7.74. The van der Waals surface area contributed by atoms with Crippen LogP contribution in [0, 0.1) is 10.1 Å². The molecule has 1 aromatic rings. The van der Waals surface area contributed by atoms with Crippen molar-refractivity contribution in [2.75, 3.05) is 11.9 Å². The fraction of sp³-hybridized carbons (Fsp3) is 0.333. The second kappa shape index (κ2) is 4.55. The number of nitrogens with one attached hydrogen (secondary N) is 1. The Bertz CT molecular complexity index is 328. The van der Waals surface area contributed by atoms with Crippen LogP contribution in [0.3, 0.4) is 0 Å². The summed E-state index contributed by atoms with van der Waals surface area (Å²) in [5.41, 5.74) is 0.560. The minimum atomic E-state index is -0.978. The first-order chi connectivity index (χ1) is 6.59. The first kappa shape index (κ1) is 10.4. The smallest absolute Gasteiger partial charge is 0.271 e. The van der Waals surface area contributed by atoms with Gasteiger partial charge < -0.3 is 5.32 Å². The molecule has 0 radical (unpaired) electrons. The van der Waals surface area contributed by atoms with E-state index < -0.39 is 11.1 Å². The van der Waals surface area contributed by atoms with Gasteiger partial charge in [0.2, 0.25) is 0 Å². The van der Waals surface area contributed by atoms with Crippen molar-refractivity contribution in [1.29, 1.82) is 0 Å². The molecular weight excluding hydrogens is 187 g/mol. The van der Waals surface area contributed by atoms with E-state index >= 15 is 0 Å². The molecule has 4 nitrogen and oxygen atoms in total. The van der Waals surface area contributed by atoms with E-state index in [0.717, 1.165) is 0 Å². The van der Waals surface area contributed by atoms with Gasteiger partial charge in [0.15, 0.2) is 0 Å². The summed E-state index contributed by atoms with van der Waals surface area (Å²) in [5, 5.41) is 13.2. The lowest BCUT2D eigenvalue weighted by Crippen LogP contribution is -2.11. The van der Waals surface area contributed by atoms with Crippen LogP contribution in [0.15, 0.2) is 24.3 Å². The van der Waals surface area contributed by atoms with Crippen molar-refractivity contribution in [1.82, 2.24) is 0 Å². The van der Waals surface area contributed by atoms with Gasteiger partial charge in [0.25, 0.3) is 5.69 Å². The Kier molecular flexibility index (Phi) is 3.39. The van der Waals surface area contributed by atoms with Crippen molar-refractivity contribution in [2.24, 2.45) is 0 Å². The molecule has 76 valence electrons. The maximum absolute atomic E-state index is 12.4. The maximum Gasteiger partial charge on any atom is 0.271 e. The molecule has 14 heavy (non-hydrogen) atoms. The van der Waals surface area contributed by atoms with E-state index in [9.17, 15) is 14.5 Å². The second-order valence-corrected chi connectivity index (χ2v) is 2.97. The van der Waals surface area contributed by atoms with Gasteiger partial charge >= 0.3 is 0 Å². The molecule has 1 aromatic carbocycles. The number of benzene rings is 1. The minimum absolute atomic E-state index is 0.00140. The molecule has 0 aliphatic carbocycles. The Morgan fingerprint density at radius 1 is 1.64 bits per heavy atom. The number of alkyl halides is 1. The number of hydrogen-bond donors (Lipinski definition) is 1. The summed E-state index contributed by atoms with van der Waals surface area (Å²) in [4.78, 5) is 9.91. The van der Waals surface area contributed by atoms with Crippen LogP contribution in [0.1, 0.15) is 6.92 Å². The lowest BCUT2D eigenvalue weighted by Gasteiger charge is -2.05. The summed E-state index contributed by atoms with van der Waals surface area (Å²) in [7, 11) is 0. The molecule has 0 aromatic heterocycles. The third-order valence-electron chi connectivity index (χ3n) is 1.64. The van der Waals surface area contributed by atoms with Crippen molar-refractivity contribution >= 4 is 11.4 Å². The number of rotatable bonds is 4. The molecule has 1 N–H and O–H groups in total. The summed E-state index contributed by atoms with van der Waals surface area (Å²) < 4.78 is 12.4. The number of hydrogen-bond acceptors (Lipinski definition) is 3. The highest BCUT2D eigenvalue weighted by molar-refractivity contribution is 5.50. The van der Waals surface area contributed by atoms with E-state index in [0.29, 0.717) is 5.69 Å². The van der Waals surface area contributed by atoms with Gasteiger partial charge in [0, 0.05) is 24.4 Å². The predicted molar refractivity (Wildman–Crippen MR) is 52.2 cm³/mol. The Hall–Kier alpha value is -1.65. The van der Waals surface area contributed by atoms with Gasteiger partial charge in [0.05, 0.1) is 4.92 Å². The average molecular weight is 198 g/mol. The number of nitrogens with zero attached hydrogens (tertiary/aromatic N) is 1. The van der Waals surface area contributed by atoms with Crippen LogP contribution in [0.25, 0.3) is 0 Å². The molecule has 0 heterocycles. The quantitative estimate of drug-likeness (QED) is 0.596. The van der Waals surface area contributed by atoms with Gasteiger partial charge in [-0.15, -0.1) is 0 Å². The van der Waals surface area contributed by atoms with E-state index in [2.05, 4.69) is 5.32 Å². The van der Waals surface area contributed by atoms with Gasteiger partial charge in [-0.05, 0) is 13.0 Å². The number of anilines is 1. The standard InChI is InChI=1S/C9H11FN2O2/c1-7(10)6-11-8-3-2-4-9(5-8)12(13)14/h2-5,7,11H,6H2,1H3. The van der Waals surface area contributed by atoms with Crippen LogP contribution >= 0.6 is 0 Å². The summed E-state index contributed by atoms with van der Waals surface area (Å²) in [5.74, 6) is 0. The van der Waals surface area contributed by atoms with Crippen LogP contribution < -0.4 is 5.32 Å². The van der Waals surface area contributed by atoms with E-state index in [-0.39, 0.29) is 12.2 Å². The lowest BCUT2D eigenvalue weighted by molar-refractivity contribution is -0.384. The summed E-state index contributed by atoms with van der Waals surface area (Å²) in [6.07, 6.45) is -0.978. The van der Waals surface area contributed by atoms with Gasteiger partial charge in [0.1, 0.15) is 6.17 Å². The molecule has 5 heteroatoms. The zero-order valence-electron chi connectivity index (χ0n) is 7.74. The molecule has 0 saturated carbocycles. The molecule has 0 spiro atoms. The SMILES string of the molecule is CC(F)CNc1cccc([N+](=O)[O-])c1. The van der Waals surface area contributed by atoms with Crippen LogP contribution in [0.2, 0.25) is 0 Å². The first-order valence-corrected chi connectivity index (χ1v) is 4.22. The van der Waals surface area contributed by atoms with Crippen LogP contribution in [0.4, 0.5) is 15.8 Å². The second-order valence-electron chi connectivity index (χ2n) is 2.97. The topological polar surface area (TPSA) is 55.2 Å². The first-order valence-electron chi connectivity index (χ1n) is 4.22. The van der Waals surface area contributed by atoms with Gasteiger partial charge in [-0.1, -0.05) is 6.07 Å². The van der Waals surface area contributed by atoms with Crippen molar-refractivity contribution < 1.29 is 9.31 Å². The number of non-ortho nitro benzene ring substituents is 1. The molecular formula is C9H11FN2O2. The Labute approximate surface area is 80.9 Å². The fourth-order valence-corrected chi connectivity index (χ4v) is 0.988. The van der Waals surface area contributed by atoms with Gasteiger partial charge in [-0.2, -0.15) is 0 Å². The molecule has 0 saturated heterocycles. The van der Waals surface area contributed by atoms with Crippen LogP contribution in [-0.4, -0.2) is 17.6 Å². The Morgan fingerprint density at radius 3 is 2.93 bits per heavy atom. The van der Waals surface area contributed by atoms with Crippen LogP contribution in [0.5, 0.6) is 0 Å². The highest BCUT2D eigenvalue weighted by Gasteiger charge is 2.05. The number of nitro groups is 1. The highest BCUT2D eigenvalue weighted by atomic mass is 19.1. The minimum Gasteiger partial charge on any atom is -0.382 e. The van der Waals surface area contributed by atoms with E-state index in [1.807, 2.05) is 0 Å². The normalized spacial score (nSPS) is 12.1. The molecule has 0 aliphatic rings. The molecule has 0 fully saturated rings. The van der Waals surface area contributed by atoms with Crippen molar-refractivity contribution in [3.8, 4) is 0 Å². The Balaban J connectivity index is 2.69. The monoisotopic (exact) mass is 198 g/mol. The van der Waals surface area contributed by atoms with Gasteiger partial charge in [-0.3, -0.25) is 10.1 Å². The van der Waals surface area contributed by atoms with Crippen LogP contribution in [-0.2, 0) is 0 Å². The molecule has 1 rings (SSSR count). The van der Waals surface area contributed by atoms with Crippen molar-refractivity contribution in [3.05, 3.63) is 34.4 Å². The third kappa shape index (κ3) is 3.01. The summed E-state index contributed by atoms with van der Waals surface area (Å²) in [6.45, 7) is 1.57. The van der Waals surface area contributed by atoms with E-state index in [1.165, 1.54) is 19.1 Å². The summed E-state index contributed by atoms with van der Waals surface area (Å²) in [6, 6.07) is 5.99. The molecule has 1 unspecified atom stereocenters. The van der Waals surface area contributed by atoms with Crippen molar-refractivity contribution in [3.63, 3.8) is 0 Å². The number of halogens is 1. The molecule has 0 bridgehead atoms. The Morgan fingerprint density at radius 2 is 2.36 bits per heavy atom. The average Bonchev–Trinajstić information content (AvgIpc) is 2.15. The maximum atomic E-state index is 12.4. The van der Waals surface area contributed by atoms with Gasteiger partial charge in [-0.25, -0.2) is 4.39 Å².